The molecule has 3 heteroatoms. The van der Waals surface area contributed by atoms with Gasteiger partial charge < -0.3 is 4.42 Å². The first-order valence-corrected chi connectivity index (χ1v) is 20.5. The van der Waals surface area contributed by atoms with Gasteiger partial charge in [-0.15, -0.1) is 0 Å². The van der Waals surface area contributed by atoms with Crippen LogP contribution in [0.5, 0.6) is 0 Å². The standard InChI is InChI=1S/C57H36N2O/c1-4-15-40(16-5-1)56-58-51(39-26-24-37(25-27-39)41-28-32-48-54(35-41)60-53-33-30-38-14-10-11-21-45(38)55(48)53)36-52(59-56)42-29-31-47-46-22-12-13-23-49(46)57(50(47)34-42,43-17-6-2-7-18-43)44-19-8-3-9-20-44/h1-36H. The molecule has 2 aromatic heterocycles. The fourth-order valence-electron chi connectivity index (χ4n) is 9.62. The van der Waals surface area contributed by atoms with Gasteiger partial charge in [0.2, 0.25) is 0 Å². The molecule has 12 rings (SSSR count). The van der Waals surface area contributed by atoms with Gasteiger partial charge in [-0.3, -0.25) is 0 Å². The lowest BCUT2D eigenvalue weighted by Gasteiger charge is -2.34. The summed E-state index contributed by atoms with van der Waals surface area (Å²) in [4.78, 5) is 10.5. The molecule has 0 aliphatic heterocycles. The van der Waals surface area contributed by atoms with Crippen LogP contribution in [-0.4, -0.2) is 9.97 Å². The lowest BCUT2D eigenvalue weighted by molar-refractivity contribution is 0.669. The minimum absolute atomic E-state index is 0.502. The first-order valence-electron chi connectivity index (χ1n) is 20.5. The van der Waals surface area contributed by atoms with Gasteiger partial charge in [-0.2, -0.15) is 0 Å². The second-order valence-electron chi connectivity index (χ2n) is 15.7. The van der Waals surface area contributed by atoms with Gasteiger partial charge in [0, 0.05) is 27.5 Å². The van der Waals surface area contributed by atoms with Crippen molar-refractivity contribution in [2.24, 2.45) is 0 Å². The van der Waals surface area contributed by atoms with Crippen LogP contribution in [0.3, 0.4) is 0 Å². The van der Waals surface area contributed by atoms with Crippen LogP contribution in [0.15, 0.2) is 223 Å². The Morgan fingerprint density at radius 1 is 0.350 bits per heavy atom. The number of benzene rings is 9. The third kappa shape index (κ3) is 5.30. The number of hydrogen-bond acceptors (Lipinski definition) is 3. The topological polar surface area (TPSA) is 38.9 Å². The summed E-state index contributed by atoms with van der Waals surface area (Å²) in [5.74, 6) is 0.691. The summed E-state index contributed by atoms with van der Waals surface area (Å²) < 4.78 is 6.42. The van der Waals surface area contributed by atoms with Crippen molar-refractivity contribution in [3.05, 3.63) is 241 Å². The fraction of sp³-hybridized carbons (Fsp3) is 0.0175. The van der Waals surface area contributed by atoms with E-state index in [1.807, 2.05) is 18.2 Å². The summed E-state index contributed by atoms with van der Waals surface area (Å²) >= 11 is 0. The molecule has 280 valence electrons. The van der Waals surface area contributed by atoms with Crippen LogP contribution < -0.4 is 0 Å². The van der Waals surface area contributed by atoms with Crippen molar-refractivity contribution in [1.82, 2.24) is 9.97 Å². The Labute approximate surface area is 347 Å². The van der Waals surface area contributed by atoms with Crippen LogP contribution in [0.25, 0.3) is 88.9 Å². The number of nitrogens with zero attached hydrogens (tertiary/aromatic N) is 2. The van der Waals surface area contributed by atoms with E-state index in [9.17, 15) is 0 Å². The lowest BCUT2D eigenvalue weighted by Crippen LogP contribution is -2.28. The van der Waals surface area contributed by atoms with Crippen molar-refractivity contribution < 1.29 is 4.42 Å². The zero-order valence-corrected chi connectivity index (χ0v) is 32.6. The molecular weight excluding hydrogens is 729 g/mol. The molecule has 0 unspecified atom stereocenters. The summed E-state index contributed by atoms with van der Waals surface area (Å²) in [7, 11) is 0. The third-order valence-electron chi connectivity index (χ3n) is 12.4. The molecule has 0 atom stereocenters. The van der Waals surface area contributed by atoms with E-state index in [1.165, 1.54) is 44.2 Å². The van der Waals surface area contributed by atoms with Crippen molar-refractivity contribution >= 4 is 32.7 Å². The SMILES string of the molecule is c1ccc(-c2nc(-c3ccc(-c4ccc5c(c4)oc4ccc6ccccc6c45)cc3)cc(-c3ccc4c(c3)C(c3ccccc3)(c3ccccc3)c3ccccc3-4)n2)cc1. The Morgan fingerprint density at radius 2 is 0.950 bits per heavy atom. The molecule has 2 heterocycles. The quantitative estimate of drug-likeness (QED) is 0.169. The third-order valence-corrected chi connectivity index (χ3v) is 12.4. The highest BCUT2D eigenvalue weighted by Gasteiger charge is 2.46. The maximum Gasteiger partial charge on any atom is 0.160 e. The molecule has 11 aromatic rings. The number of furan rings is 1. The molecule has 0 bridgehead atoms. The molecular formula is C57H36N2O. The van der Waals surface area contributed by atoms with Crippen molar-refractivity contribution in [1.29, 1.82) is 0 Å². The van der Waals surface area contributed by atoms with Crippen molar-refractivity contribution in [3.63, 3.8) is 0 Å². The highest BCUT2D eigenvalue weighted by atomic mass is 16.3. The molecule has 1 aliphatic carbocycles. The molecule has 0 spiro atoms. The molecule has 0 N–H and O–H groups in total. The smallest absolute Gasteiger partial charge is 0.160 e. The lowest BCUT2D eigenvalue weighted by atomic mass is 9.67. The second-order valence-corrected chi connectivity index (χ2v) is 15.7. The van der Waals surface area contributed by atoms with Gasteiger partial charge in [-0.25, -0.2) is 9.97 Å². The van der Waals surface area contributed by atoms with Crippen molar-refractivity contribution in [3.8, 4) is 56.2 Å². The Morgan fingerprint density at radius 3 is 1.72 bits per heavy atom. The Kier molecular flexibility index (Phi) is 7.76. The van der Waals surface area contributed by atoms with Gasteiger partial charge in [-0.05, 0) is 85.6 Å². The van der Waals surface area contributed by atoms with E-state index in [2.05, 4.69) is 200 Å². The first-order chi connectivity index (χ1) is 29.7. The predicted octanol–water partition coefficient (Wildman–Crippen LogP) is 14.6. The van der Waals surface area contributed by atoms with E-state index in [1.54, 1.807) is 0 Å². The Balaban J connectivity index is 0.984. The molecule has 0 radical (unpaired) electrons. The van der Waals surface area contributed by atoms with E-state index < -0.39 is 5.41 Å². The summed E-state index contributed by atoms with van der Waals surface area (Å²) in [5, 5.41) is 4.72. The van der Waals surface area contributed by atoms with Crippen molar-refractivity contribution in [2.45, 2.75) is 5.41 Å². The van der Waals surface area contributed by atoms with Gasteiger partial charge >= 0.3 is 0 Å². The molecule has 60 heavy (non-hydrogen) atoms. The van der Waals surface area contributed by atoms with E-state index in [-0.39, 0.29) is 0 Å². The second kappa shape index (κ2) is 13.6. The van der Waals surface area contributed by atoms with E-state index >= 15 is 0 Å². The molecule has 9 aromatic carbocycles. The van der Waals surface area contributed by atoms with E-state index in [0.717, 1.165) is 61.1 Å². The average molecular weight is 765 g/mol. The van der Waals surface area contributed by atoms with Crippen LogP contribution in [0, 0.1) is 0 Å². The van der Waals surface area contributed by atoms with E-state index in [0.29, 0.717) is 5.82 Å². The van der Waals surface area contributed by atoms with Crippen LogP contribution >= 0.6 is 0 Å². The summed E-state index contributed by atoms with van der Waals surface area (Å²) in [6.45, 7) is 0. The van der Waals surface area contributed by atoms with Crippen LogP contribution in [-0.2, 0) is 5.41 Å². The minimum Gasteiger partial charge on any atom is -0.456 e. The summed E-state index contributed by atoms with van der Waals surface area (Å²) in [6, 6.07) is 78.0. The number of fused-ring (bicyclic) bond motifs is 8. The minimum atomic E-state index is -0.502. The average Bonchev–Trinajstić information content (AvgIpc) is 3.86. The number of hydrogen-bond donors (Lipinski definition) is 0. The van der Waals surface area contributed by atoms with Gasteiger partial charge in [-0.1, -0.05) is 188 Å². The predicted molar refractivity (Wildman–Crippen MR) is 246 cm³/mol. The fourth-order valence-corrected chi connectivity index (χ4v) is 9.62. The van der Waals surface area contributed by atoms with Gasteiger partial charge in [0.25, 0.3) is 0 Å². The zero-order valence-electron chi connectivity index (χ0n) is 32.6. The monoisotopic (exact) mass is 764 g/mol. The molecule has 0 fully saturated rings. The van der Waals surface area contributed by atoms with Gasteiger partial charge in [0.15, 0.2) is 5.82 Å². The molecule has 0 amide bonds. The highest BCUT2D eigenvalue weighted by Crippen LogP contribution is 2.56. The first kappa shape index (κ1) is 34.2. The summed E-state index contributed by atoms with van der Waals surface area (Å²) in [6.07, 6.45) is 0. The molecule has 3 nitrogen and oxygen atoms in total. The van der Waals surface area contributed by atoms with Crippen molar-refractivity contribution in [2.75, 3.05) is 0 Å². The number of rotatable bonds is 6. The van der Waals surface area contributed by atoms with Crippen LogP contribution in [0.1, 0.15) is 22.3 Å². The Hall–Kier alpha value is -7.88. The van der Waals surface area contributed by atoms with Gasteiger partial charge in [0.05, 0.1) is 16.8 Å². The van der Waals surface area contributed by atoms with Crippen LogP contribution in [0.4, 0.5) is 0 Å². The maximum atomic E-state index is 6.42. The largest absolute Gasteiger partial charge is 0.456 e. The summed E-state index contributed by atoms with van der Waals surface area (Å²) in [5.41, 5.74) is 15.8. The highest BCUT2D eigenvalue weighted by molar-refractivity contribution is 6.19. The van der Waals surface area contributed by atoms with Crippen LogP contribution in [0.2, 0.25) is 0 Å². The molecule has 1 aliphatic rings. The Bertz CT molecular complexity index is 3370. The number of aromatic nitrogens is 2. The van der Waals surface area contributed by atoms with Gasteiger partial charge in [0.1, 0.15) is 11.2 Å². The zero-order chi connectivity index (χ0) is 39.6. The molecule has 0 saturated heterocycles. The molecule has 0 saturated carbocycles. The maximum absolute atomic E-state index is 6.42. The van der Waals surface area contributed by atoms with E-state index in [4.69, 9.17) is 14.4 Å². The normalized spacial score (nSPS) is 12.8.